The molecule has 26 heavy (non-hydrogen) atoms. The summed E-state index contributed by atoms with van der Waals surface area (Å²) in [6, 6.07) is 7.04. The number of hydrogen-bond donors (Lipinski definition) is 1. The van der Waals surface area contributed by atoms with E-state index in [1.54, 1.807) is 39.0 Å². The standard InChI is InChI=1S/C18H22N4O4/c1-13(24)19-15-3-2-4-16(10-15)22-11-14(9-17(22)25)18(26)21-7-5-20(12-23)6-8-21/h2-4,10,12,14H,5-9,11H2,1H3,(H,19,24). The number of nitrogens with one attached hydrogen (secondary N) is 1. The molecule has 1 aromatic rings. The van der Waals surface area contributed by atoms with Gasteiger partial charge in [-0.1, -0.05) is 6.07 Å². The molecule has 0 aliphatic carbocycles. The number of nitrogens with zero attached hydrogens (tertiary/aromatic N) is 3. The molecule has 0 bridgehead atoms. The molecule has 2 aliphatic heterocycles. The van der Waals surface area contributed by atoms with Gasteiger partial charge in [-0.25, -0.2) is 0 Å². The molecule has 1 atom stereocenters. The highest BCUT2D eigenvalue weighted by Gasteiger charge is 2.37. The number of rotatable bonds is 4. The van der Waals surface area contributed by atoms with Crippen molar-refractivity contribution < 1.29 is 19.2 Å². The molecule has 2 heterocycles. The molecule has 2 saturated heterocycles. The van der Waals surface area contributed by atoms with Crippen LogP contribution in [0, 0.1) is 5.92 Å². The van der Waals surface area contributed by atoms with Crippen LogP contribution < -0.4 is 10.2 Å². The Balaban J connectivity index is 1.66. The van der Waals surface area contributed by atoms with Gasteiger partial charge in [0.2, 0.25) is 24.1 Å². The first kappa shape index (κ1) is 17.9. The summed E-state index contributed by atoms with van der Waals surface area (Å²) in [6.45, 7) is 3.80. The lowest BCUT2D eigenvalue weighted by Gasteiger charge is -2.33. The summed E-state index contributed by atoms with van der Waals surface area (Å²) < 4.78 is 0. The van der Waals surface area contributed by atoms with Crippen LogP contribution in [-0.2, 0) is 19.2 Å². The zero-order valence-corrected chi connectivity index (χ0v) is 14.7. The van der Waals surface area contributed by atoms with E-state index in [-0.39, 0.29) is 30.1 Å². The van der Waals surface area contributed by atoms with Gasteiger partial charge in [0.1, 0.15) is 0 Å². The summed E-state index contributed by atoms with van der Waals surface area (Å²) in [5, 5.41) is 2.69. The smallest absolute Gasteiger partial charge is 0.228 e. The van der Waals surface area contributed by atoms with E-state index in [1.807, 2.05) is 0 Å². The summed E-state index contributed by atoms with van der Waals surface area (Å²) in [4.78, 5) is 52.1. The van der Waals surface area contributed by atoms with Crippen molar-refractivity contribution in [2.24, 2.45) is 5.92 Å². The Kier molecular flexibility index (Phi) is 5.20. The van der Waals surface area contributed by atoms with Crippen molar-refractivity contribution in [3.05, 3.63) is 24.3 Å². The molecule has 8 nitrogen and oxygen atoms in total. The molecule has 0 spiro atoms. The van der Waals surface area contributed by atoms with Gasteiger partial charge in [-0.3, -0.25) is 19.2 Å². The van der Waals surface area contributed by atoms with Crippen molar-refractivity contribution in [3.63, 3.8) is 0 Å². The van der Waals surface area contributed by atoms with Crippen LogP contribution in [0.4, 0.5) is 11.4 Å². The molecule has 138 valence electrons. The third-order valence-electron chi connectivity index (χ3n) is 4.73. The minimum absolute atomic E-state index is 0.0376. The van der Waals surface area contributed by atoms with Crippen LogP contribution in [0.5, 0.6) is 0 Å². The van der Waals surface area contributed by atoms with Gasteiger partial charge in [0.25, 0.3) is 0 Å². The topological polar surface area (TPSA) is 90.0 Å². The Labute approximate surface area is 151 Å². The largest absolute Gasteiger partial charge is 0.342 e. The Morgan fingerprint density at radius 2 is 1.92 bits per heavy atom. The van der Waals surface area contributed by atoms with Gasteiger partial charge in [-0.15, -0.1) is 0 Å². The molecule has 2 aliphatic rings. The van der Waals surface area contributed by atoms with Crippen molar-refractivity contribution in [1.29, 1.82) is 0 Å². The average molecular weight is 358 g/mol. The van der Waals surface area contributed by atoms with Crippen LogP contribution in [0.1, 0.15) is 13.3 Å². The number of anilines is 2. The third-order valence-corrected chi connectivity index (χ3v) is 4.73. The zero-order valence-electron chi connectivity index (χ0n) is 14.7. The van der Waals surface area contributed by atoms with Crippen LogP contribution in [0.2, 0.25) is 0 Å². The minimum Gasteiger partial charge on any atom is -0.342 e. The molecule has 3 rings (SSSR count). The highest BCUT2D eigenvalue weighted by molar-refractivity contribution is 6.01. The van der Waals surface area contributed by atoms with Crippen molar-refractivity contribution >= 4 is 35.5 Å². The first-order valence-electron chi connectivity index (χ1n) is 8.64. The predicted molar refractivity (Wildman–Crippen MR) is 95.4 cm³/mol. The first-order valence-corrected chi connectivity index (χ1v) is 8.64. The van der Waals surface area contributed by atoms with Crippen LogP contribution >= 0.6 is 0 Å². The van der Waals surface area contributed by atoms with E-state index in [9.17, 15) is 19.2 Å². The third kappa shape index (κ3) is 3.84. The van der Waals surface area contributed by atoms with E-state index < -0.39 is 0 Å². The van der Waals surface area contributed by atoms with Crippen LogP contribution in [0.15, 0.2) is 24.3 Å². The van der Waals surface area contributed by atoms with E-state index in [2.05, 4.69) is 5.32 Å². The average Bonchev–Trinajstić information content (AvgIpc) is 3.02. The van der Waals surface area contributed by atoms with Crippen molar-refractivity contribution in [3.8, 4) is 0 Å². The molecule has 1 unspecified atom stereocenters. The second-order valence-corrected chi connectivity index (χ2v) is 6.60. The van der Waals surface area contributed by atoms with Gasteiger partial charge >= 0.3 is 0 Å². The summed E-state index contributed by atoms with van der Waals surface area (Å²) in [6.07, 6.45) is 0.974. The highest BCUT2D eigenvalue weighted by atomic mass is 16.2. The normalized spacial score (nSPS) is 20.3. The summed E-state index contributed by atoms with van der Waals surface area (Å²) >= 11 is 0. The lowest BCUT2D eigenvalue weighted by Crippen LogP contribution is -2.50. The monoisotopic (exact) mass is 358 g/mol. The zero-order chi connectivity index (χ0) is 18.7. The number of amides is 4. The SMILES string of the molecule is CC(=O)Nc1cccc(N2CC(C(=O)N3CCN(C=O)CC3)CC2=O)c1. The summed E-state index contributed by atoms with van der Waals surface area (Å²) in [5.74, 6) is -0.702. The number of hydrogen-bond acceptors (Lipinski definition) is 4. The molecule has 4 amide bonds. The van der Waals surface area contributed by atoms with E-state index in [1.165, 1.54) is 6.92 Å². The predicted octanol–water partition coefficient (Wildman–Crippen LogP) is 0.299. The lowest BCUT2D eigenvalue weighted by molar-refractivity contribution is -0.139. The summed E-state index contributed by atoms with van der Waals surface area (Å²) in [7, 11) is 0. The van der Waals surface area contributed by atoms with Crippen molar-refractivity contribution in [2.45, 2.75) is 13.3 Å². The van der Waals surface area contributed by atoms with E-state index in [0.717, 1.165) is 6.41 Å². The second-order valence-electron chi connectivity index (χ2n) is 6.60. The first-order chi connectivity index (χ1) is 12.5. The minimum atomic E-state index is -0.380. The van der Waals surface area contributed by atoms with Gasteiger partial charge in [0, 0.05) is 57.4 Å². The molecule has 1 N–H and O–H groups in total. The van der Waals surface area contributed by atoms with Crippen LogP contribution in [0.3, 0.4) is 0 Å². The maximum Gasteiger partial charge on any atom is 0.228 e. The van der Waals surface area contributed by atoms with Gasteiger partial charge in [-0.2, -0.15) is 0 Å². The van der Waals surface area contributed by atoms with Gasteiger partial charge in [0.05, 0.1) is 5.92 Å². The van der Waals surface area contributed by atoms with E-state index in [0.29, 0.717) is 44.1 Å². The van der Waals surface area contributed by atoms with Gasteiger partial charge in [0.15, 0.2) is 0 Å². The summed E-state index contributed by atoms with van der Waals surface area (Å²) in [5.41, 5.74) is 1.28. The maximum atomic E-state index is 12.7. The number of piperazine rings is 1. The number of carbonyl (C=O) groups is 4. The maximum absolute atomic E-state index is 12.7. The van der Waals surface area contributed by atoms with E-state index in [4.69, 9.17) is 0 Å². The molecule has 1 aromatic carbocycles. The Bertz CT molecular complexity index is 728. The quantitative estimate of drug-likeness (QED) is 0.784. The molecule has 8 heteroatoms. The Morgan fingerprint density at radius 3 is 2.58 bits per heavy atom. The Morgan fingerprint density at radius 1 is 1.19 bits per heavy atom. The molecule has 0 saturated carbocycles. The van der Waals surface area contributed by atoms with Crippen LogP contribution in [0.25, 0.3) is 0 Å². The highest BCUT2D eigenvalue weighted by Crippen LogP contribution is 2.28. The molecular formula is C18H22N4O4. The fourth-order valence-electron chi connectivity index (χ4n) is 3.38. The fourth-order valence-corrected chi connectivity index (χ4v) is 3.38. The van der Waals surface area contributed by atoms with Gasteiger partial charge < -0.3 is 20.0 Å². The lowest BCUT2D eigenvalue weighted by atomic mass is 10.1. The molecule has 0 aromatic heterocycles. The molecule has 0 radical (unpaired) electrons. The van der Waals surface area contributed by atoms with Crippen molar-refractivity contribution in [2.75, 3.05) is 42.9 Å². The fraction of sp³-hybridized carbons (Fsp3) is 0.444. The van der Waals surface area contributed by atoms with Gasteiger partial charge in [-0.05, 0) is 18.2 Å². The molecule has 2 fully saturated rings. The number of carbonyl (C=O) groups excluding carboxylic acids is 4. The van der Waals surface area contributed by atoms with Crippen LogP contribution in [-0.4, -0.2) is 66.7 Å². The van der Waals surface area contributed by atoms with Crippen molar-refractivity contribution in [1.82, 2.24) is 9.80 Å². The Hall–Kier alpha value is -2.90. The number of benzene rings is 1. The molecular weight excluding hydrogens is 336 g/mol. The second kappa shape index (κ2) is 7.55. The van der Waals surface area contributed by atoms with E-state index >= 15 is 0 Å².